The third-order valence-electron chi connectivity index (χ3n) is 3.16. The highest BCUT2D eigenvalue weighted by molar-refractivity contribution is 5.27. The van der Waals surface area contributed by atoms with Gasteiger partial charge in [-0.3, -0.25) is 0 Å². The van der Waals surface area contributed by atoms with Gasteiger partial charge in [0, 0.05) is 0 Å². The average Bonchev–Trinajstić information content (AvgIpc) is 2.93. The van der Waals surface area contributed by atoms with Crippen molar-refractivity contribution in [1.82, 2.24) is 0 Å². The standard InChI is InChI=1S/C12H13F3O/c1-7-6-10(7)11(16)8-2-4-9(5-3-8)12(13,14)15/h2-5,7,10-11,16H,6H2,1H3. The molecule has 0 heterocycles. The number of aliphatic hydroxyl groups is 1. The van der Waals surface area contributed by atoms with Crippen LogP contribution in [0.3, 0.4) is 0 Å². The molecular weight excluding hydrogens is 217 g/mol. The van der Waals surface area contributed by atoms with Crippen LogP contribution >= 0.6 is 0 Å². The maximum absolute atomic E-state index is 12.3. The molecule has 16 heavy (non-hydrogen) atoms. The zero-order valence-corrected chi connectivity index (χ0v) is 8.83. The topological polar surface area (TPSA) is 20.2 Å². The summed E-state index contributed by atoms with van der Waals surface area (Å²) in [5.74, 6) is 0.675. The number of hydrogen-bond donors (Lipinski definition) is 1. The number of rotatable bonds is 2. The Kier molecular flexibility index (Phi) is 2.70. The Bertz CT molecular complexity index is 369. The van der Waals surface area contributed by atoms with Crippen molar-refractivity contribution in [3.8, 4) is 0 Å². The molecule has 2 rings (SSSR count). The van der Waals surface area contributed by atoms with E-state index in [0.717, 1.165) is 18.6 Å². The van der Waals surface area contributed by atoms with Crippen molar-refractivity contribution in [2.45, 2.75) is 25.6 Å². The minimum Gasteiger partial charge on any atom is -0.388 e. The monoisotopic (exact) mass is 230 g/mol. The zero-order valence-electron chi connectivity index (χ0n) is 8.83. The molecule has 0 aliphatic heterocycles. The Morgan fingerprint density at radius 1 is 1.25 bits per heavy atom. The molecule has 0 radical (unpaired) electrons. The first-order valence-corrected chi connectivity index (χ1v) is 5.25. The van der Waals surface area contributed by atoms with Crippen molar-refractivity contribution < 1.29 is 18.3 Å². The molecule has 1 nitrogen and oxygen atoms in total. The van der Waals surface area contributed by atoms with E-state index in [-0.39, 0.29) is 5.92 Å². The fourth-order valence-electron chi connectivity index (χ4n) is 1.91. The first kappa shape index (κ1) is 11.5. The van der Waals surface area contributed by atoms with Gasteiger partial charge in [0.15, 0.2) is 0 Å². The summed E-state index contributed by atoms with van der Waals surface area (Å²) in [6, 6.07) is 4.76. The molecule has 0 bridgehead atoms. The molecule has 3 unspecified atom stereocenters. The van der Waals surface area contributed by atoms with Gasteiger partial charge >= 0.3 is 6.18 Å². The molecule has 1 saturated carbocycles. The van der Waals surface area contributed by atoms with E-state index in [1.165, 1.54) is 12.1 Å². The van der Waals surface area contributed by atoms with Crippen molar-refractivity contribution in [2.75, 3.05) is 0 Å². The van der Waals surface area contributed by atoms with E-state index in [0.29, 0.717) is 11.5 Å². The highest BCUT2D eigenvalue weighted by Gasteiger charge is 2.39. The average molecular weight is 230 g/mol. The second kappa shape index (κ2) is 3.77. The molecule has 1 N–H and O–H groups in total. The minimum absolute atomic E-state index is 0.205. The normalized spacial score (nSPS) is 26.6. The lowest BCUT2D eigenvalue weighted by molar-refractivity contribution is -0.137. The predicted molar refractivity (Wildman–Crippen MR) is 53.7 cm³/mol. The van der Waals surface area contributed by atoms with Crippen LogP contribution in [-0.2, 0) is 6.18 Å². The van der Waals surface area contributed by atoms with Crippen molar-refractivity contribution >= 4 is 0 Å². The summed E-state index contributed by atoms with van der Waals surface area (Å²) in [5.41, 5.74) is -0.102. The van der Waals surface area contributed by atoms with Crippen LogP contribution in [0.15, 0.2) is 24.3 Å². The maximum Gasteiger partial charge on any atom is 0.416 e. The molecule has 0 spiro atoms. The van der Waals surface area contributed by atoms with E-state index in [1.54, 1.807) is 0 Å². The van der Waals surface area contributed by atoms with Gasteiger partial charge in [-0.25, -0.2) is 0 Å². The summed E-state index contributed by atoms with van der Waals surface area (Å²) in [7, 11) is 0. The van der Waals surface area contributed by atoms with Crippen LogP contribution in [0.4, 0.5) is 13.2 Å². The predicted octanol–water partition coefficient (Wildman–Crippen LogP) is 3.39. The summed E-state index contributed by atoms with van der Waals surface area (Å²) in [5, 5.41) is 9.84. The van der Waals surface area contributed by atoms with Crippen molar-refractivity contribution in [3.05, 3.63) is 35.4 Å². The Hall–Kier alpha value is -1.03. The molecule has 3 atom stereocenters. The van der Waals surface area contributed by atoms with E-state index in [9.17, 15) is 18.3 Å². The Balaban J connectivity index is 2.13. The van der Waals surface area contributed by atoms with Crippen LogP contribution in [0.5, 0.6) is 0 Å². The van der Waals surface area contributed by atoms with Crippen molar-refractivity contribution in [1.29, 1.82) is 0 Å². The maximum atomic E-state index is 12.3. The molecule has 1 aliphatic carbocycles. The lowest BCUT2D eigenvalue weighted by Gasteiger charge is -2.12. The summed E-state index contributed by atoms with van der Waals surface area (Å²) < 4.78 is 36.9. The smallest absolute Gasteiger partial charge is 0.388 e. The highest BCUT2D eigenvalue weighted by atomic mass is 19.4. The van der Waals surface area contributed by atoms with Crippen LogP contribution in [0.25, 0.3) is 0 Å². The summed E-state index contributed by atoms with van der Waals surface area (Å²) in [6.45, 7) is 2.03. The molecular formula is C12H13F3O. The Labute approximate surface area is 91.9 Å². The van der Waals surface area contributed by atoms with E-state index in [2.05, 4.69) is 0 Å². The Morgan fingerprint density at radius 3 is 2.12 bits per heavy atom. The molecule has 88 valence electrons. The molecule has 1 aromatic rings. The third kappa shape index (κ3) is 2.21. The van der Waals surface area contributed by atoms with Gasteiger partial charge < -0.3 is 5.11 Å². The van der Waals surface area contributed by atoms with Gasteiger partial charge in [0.1, 0.15) is 0 Å². The van der Waals surface area contributed by atoms with Gasteiger partial charge in [-0.15, -0.1) is 0 Å². The number of halogens is 3. The fourth-order valence-corrected chi connectivity index (χ4v) is 1.91. The largest absolute Gasteiger partial charge is 0.416 e. The molecule has 4 heteroatoms. The van der Waals surface area contributed by atoms with Crippen LogP contribution in [0.1, 0.15) is 30.6 Å². The van der Waals surface area contributed by atoms with Crippen LogP contribution in [0.2, 0.25) is 0 Å². The molecule has 0 saturated heterocycles. The van der Waals surface area contributed by atoms with Crippen LogP contribution < -0.4 is 0 Å². The second-order valence-electron chi connectivity index (χ2n) is 4.44. The number of aliphatic hydroxyl groups excluding tert-OH is 1. The molecule has 0 aromatic heterocycles. The van der Waals surface area contributed by atoms with Crippen molar-refractivity contribution in [2.24, 2.45) is 11.8 Å². The highest BCUT2D eigenvalue weighted by Crippen LogP contribution is 2.47. The lowest BCUT2D eigenvalue weighted by atomic mass is 10.0. The van der Waals surface area contributed by atoms with Gasteiger partial charge in [-0.05, 0) is 36.0 Å². The van der Waals surface area contributed by atoms with Gasteiger partial charge in [0.25, 0.3) is 0 Å². The lowest BCUT2D eigenvalue weighted by Crippen LogP contribution is -2.06. The molecule has 1 fully saturated rings. The van der Waals surface area contributed by atoms with Gasteiger partial charge in [-0.2, -0.15) is 13.2 Å². The summed E-state index contributed by atoms with van der Waals surface area (Å²) in [6.07, 6.45) is -3.99. The van der Waals surface area contributed by atoms with Gasteiger partial charge in [-0.1, -0.05) is 19.1 Å². The fraction of sp³-hybridized carbons (Fsp3) is 0.500. The van der Waals surface area contributed by atoms with E-state index < -0.39 is 17.8 Å². The molecule has 1 aromatic carbocycles. The summed E-state index contributed by atoms with van der Waals surface area (Å²) >= 11 is 0. The quantitative estimate of drug-likeness (QED) is 0.825. The van der Waals surface area contributed by atoms with Crippen LogP contribution in [-0.4, -0.2) is 5.11 Å². The first-order valence-electron chi connectivity index (χ1n) is 5.25. The second-order valence-corrected chi connectivity index (χ2v) is 4.44. The van der Waals surface area contributed by atoms with Crippen molar-refractivity contribution in [3.63, 3.8) is 0 Å². The van der Waals surface area contributed by atoms with E-state index in [4.69, 9.17) is 0 Å². The van der Waals surface area contributed by atoms with Gasteiger partial charge in [0.05, 0.1) is 11.7 Å². The third-order valence-corrected chi connectivity index (χ3v) is 3.16. The van der Waals surface area contributed by atoms with E-state index in [1.807, 2.05) is 6.92 Å². The number of benzene rings is 1. The zero-order chi connectivity index (χ0) is 11.9. The summed E-state index contributed by atoms with van der Waals surface area (Å²) in [4.78, 5) is 0. The minimum atomic E-state index is -4.31. The van der Waals surface area contributed by atoms with E-state index >= 15 is 0 Å². The molecule has 1 aliphatic rings. The first-order chi connectivity index (χ1) is 7.39. The number of alkyl halides is 3. The van der Waals surface area contributed by atoms with Gasteiger partial charge in [0.2, 0.25) is 0 Å². The Morgan fingerprint density at radius 2 is 1.75 bits per heavy atom. The SMILES string of the molecule is CC1CC1C(O)c1ccc(C(F)(F)F)cc1. The van der Waals surface area contributed by atoms with Crippen LogP contribution in [0, 0.1) is 11.8 Å². The molecule has 0 amide bonds. The number of hydrogen-bond acceptors (Lipinski definition) is 1.